The normalized spacial score (nSPS) is 13.5. The molecule has 0 saturated carbocycles. The predicted octanol–water partition coefficient (Wildman–Crippen LogP) is 4.68. The topological polar surface area (TPSA) is 79.4 Å². The van der Waals surface area contributed by atoms with E-state index in [4.69, 9.17) is 4.74 Å². The fourth-order valence-corrected chi connectivity index (χ4v) is 3.54. The Morgan fingerprint density at radius 1 is 1.03 bits per heavy atom. The molecule has 166 valence electrons. The molecule has 0 radical (unpaired) electrons. The van der Waals surface area contributed by atoms with Gasteiger partial charge in [-0.1, -0.05) is 12.1 Å². The van der Waals surface area contributed by atoms with Gasteiger partial charge >= 0.3 is 0 Å². The monoisotopic (exact) mass is 435 g/mol. The summed E-state index contributed by atoms with van der Waals surface area (Å²) >= 11 is 0. The van der Waals surface area contributed by atoms with E-state index in [0.717, 1.165) is 36.2 Å². The zero-order chi connectivity index (χ0) is 22.3. The lowest BCUT2D eigenvalue weighted by Gasteiger charge is -2.27. The Labute approximate surface area is 186 Å². The molecule has 0 aliphatic carbocycles. The van der Waals surface area contributed by atoms with Gasteiger partial charge in [0.2, 0.25) is 5.95 Å². The van der Waals surface area contributed by atoms with Crippen LogP contribution in [0, 0.1) is 12.7 Å². The highest BCUT2D eigenvalue weighted by atomic mass is 19.1. The zero-order valence-electron chi connectivity index (χ0n) is 18.0. The molecule has 0 atom stereocenters. The number of nitrogens with zero attached hydrogens (tertiary/aromatic N) is 3. The molecule has 0 bridgehead atoms. The van der Waals surface area contributed by atoms with Gasteiger partial charge in [0, 0.05) is 36.2 Å². The fraction of sp³-hybridized carbons (Fsp3) is 0.292. The maximum absolute atomic E-state index is 13.6. The minimum Gasteiger partial charge on any atom is -0.481 e. The number of para-hydroxylation sites is 1. The van der Waals surface area contributed by atoms with Crippen molar-refractivity contribution >= 4 is 29.0 Å². The Bertz CT molecular complexity index is 1070. The summed E-state index contributed by atoms with van der Waals surface area (Å²) in [5, 5.41) is 6.04. The molecule has 0 spiro atoms. The third-order valence-electron chi connectivity index (χ3n) is 5.12. The smallest absolute Gasteiger partial charge is 0.262 e. The van der Waals surface area contributed by atoms with E-state index in [9.17, 15) is 9.18 Å². The first-order valence-corrected chi connectivity index (χ1v) is 10.7. The van der Waals surface area contributed by atoms with Crippen molar-refractivity contribution in [2.45, 2.75) is 26.2 Å². The van der Waals surface area contributed by atoms with Crippen molar-refractivity contribution < 1.29 is 13.9 Å². The van der Waals surface area contributed by atoms with Crippen molar-refractivity contribution in [3.63, 3.8) is 0 Å². The lowest BCUT2D eigenvalue weighted by atomic mass is 10.1. The number of aryl methyl sites for hydroxylation is 1. The van der Waals surface area contributed by atoms with Crippen LogP contribution in [-0.2, 0) is 4.79 Å². The van der Waals surface area contributed by atoms with E-state index in [-0.39, 0.29) is 18.3 Å². The Hall–Kier alpha value is -3.68. The van der Waals surface area contributed by atoms with Crippen LogP contribution in [0.15, 0.2) is 54.6 Å². The summed E-state index contributed by atoms with van der Waals surface area (Å²) in [6.45, 7) is 3.65. The Morgan fingerprint density at radius 3 is 2.50 bits per heavy atom. The molecule has 1 aromatic heterocycles. The van der Waals surface area contributed by atoms with Crippen LogP contribution in [0.25, 0.3) is 0 Å². The van der Waals surface area contributed by atoms with Crippen molar-refractivity contribution in [2.24, 2.45) is 0 Å². The number of aromatic nitrogens is 2. The van der Waals surface area contributed by atoms with E-state index >= 15 is 0 Å². The summed E-state index contributed by atoms with van der Waals surface area (Å²) in [5.41, 5.74) is 2.36. The van der Waals surface area contributed by atoms with Crippen LogP contribution in [0.5, 0.6) is 5.75 Å². The lowest BCUT2D eigenvalue weighted by molar-refractivity contribution is -0.118. The van der Waals surface area contributed by atoms with Crippen molar-refractivity contribution in [1.82, 2.24) is 9.97 Å². The van der Waals surface area contributed by atoms with Crippen molar-refractivity contribution in [1.29, 1.82) is 0 Å². The quantitative estimate of drug-likeness (QED) is 0.561. The van der Waals surface area contributed by atoms with Crippen LogP contribution < -0.4 is 20.3 Å². The molecule has 4 rings (SSSR count). The molecule has 2 heterocycles. The molecular weight excluding hydrogens is 409 g/mol. The minimum atomic E-state index is -0.501. The lowest BCUT2D eigenvalue weighted by Crippen LogP contribution is -2.31. The van der Waals surface area contributed by atoms with Gasteiger partial charge < -0.3 is 20.3 Å². The Balaban J connectivity index is 1.34. The molecule has 2 aromatic carbocycles. The summed E-state index contributed by atoms with van der Waals surface area (Å²) in [4.78, 5) is 23.6. The van der Waals surface area contributed by atoms with Crippen LogP contribution in [0.3, 0.4) is 0 Å². The first-order chi connectivity index (χ1) is 15.6. The predicted molar refractivity (Wildman–Crippen MR) is 123 cm³/mol. The average molecular weight is 436 g/mol. The van der Waals surface area contributed by atoms with E-state index in [1.165, 1.54) is 31.4 Å². The standard InChI is InChI=1S/C24H26FN5O2/c1-17-15-22(29-24(26-17)30-13-5-2-6-14-30)27-18-9-11-19(12-10-18)28-23(31)16-32-21-8-4-3-7-20(21)25/h3-4,7-12,15H,2,5-6,13-14,16H2,1H3,(H,28,31)(H,26,27,29). The minimum absolute atomic E-state index is 0.0475. The molecule has 1 aliphatic rings. The van der Waals surface area contributed by atoms with E-state index in [1.807, 2.05) is 25.1 Å². The third-order valence-corrected chi connectivity index (χ3v) is 5.12. The van der Waals surface area contributed by atoms with Gasteiger partial charge in [0.1, 0.15) is 5.82 Å². The summed E-state index contributed by atoms with van der Waals surface area (Å²) < 4.78 is 18.8. The largest absolute Gasteiger partial charge is 0.481 e. The van der Waals surface area contributed by atoms with Gasteiger partial charge in [-0.25, -0.2) is 9.37 Å². The maximum atomic E-state index is 13.6. The number of hydrogen-bond acceptors (Lipinski definition) is 6. The molecule has 32 heavy (non-hydrogen) atoms. The van der Waals surface area contributed by atoms with Crippen LogP contribution in [0.2, 0.25) is 0 Å². The second-order valence-corrected chi connectivity index (χ2v) is 7.71. The van der Waals surface area contributed by atoms with Crippen molar-refractivity contribution in [3.8, 4) is 5.75 Å². The first-order valence-electron chi connectivity index (χ1n) is 10.7. The van der Waals surface area contributed by atoms with Gasteiger partial charge in [0.15, 0.2) is 18.2 Å². The molecule has 1 aliphatic heterocycles. The van der Waals surface area contributed by atoms with Crippen LogP contribution in [-0.4, -0.2) is 35.6 Å². The Morgan fingerprint density at radius 2 is 1.75 bits per heavy atom. The van der Waals surface area contributed by atoms with Gasteiger partial charge in [-0.05, 0) is 62.6 Å². The van der Waals surface area contributed by atoms with E-state index < -0.39 is 5.82 Å². The number of piperidine rings is 1. The average Bonchev–Trinajstić information content (AvgIpc) is 2.80. The number of benzene rings is 2. The first kappa shape index (κ1) is 21.5. The maximum Gasteiger partial charge on any atom is 0.262 e. The number of rotatable bonds is 7. The number of anilines is 4. The molecule has 1 saturated heterocycles. The van der Waals surface area contributed by atoms with Gasteiger partial charge in [0.25, 0.3) is 5.91 Å². The number of amides is 1. The van der Waals surface area contributed by atoms with Crippen LogP contribution in [0.1, 0.15) is 25.0 Å². The molecule has 1 amide bonds. The molecule has 2 N–H and O–H groups in total. The van der Waals surface area contributed by atoms with Crippen molar-refractivity contribution in [3.05, 3.63) is 66.1 Å². The fourth-order valence-electron chi connectivity index (χ4n) is 3.54. The second kappa shape index (κ2) is 10.1. The van der Waals surface area contributed by atoms with E-state index in [2.05, 4.69) is 25.5 Å². The molecule has 1 fully saturated rings. The number of halogens is 1. The summed E-state index contributed by atoms with van der Waals surface area (Å²) in [7, 11) is 0. The van der Waals surface area contributed by atoms with Gasteiger partial charge in [-0.15, -0.1) is 0 Å². The highest BCUT2D eigenvalue weighted by Crippen LogP contribution is 2.22. The van der Waals surface area contributed by atoms with Crippen LogP contribution >= 0.6 is 0 Å². The van der Waals surface area contributed by atoms with Gasteiger partial charge in [-0.2, -0.15) is 4.98 Å². The molecule has 7 nitrogen and oxygen atoms in total. The summed E-state index contributed by atoms with van der Waals surface area (Å²) in [6, 6.07) is 15.2. The van der Waals surface area contributed by atoms with Crippen LogP contribution in [0.4, 0.5) is 27.5 Å². The summed E-state index contributed by atoms with van der Waals surface area (Å²) in [5.74, 6) is 0.663. The van der Waals surface area contributed by atoms with E-state index in [1.54, 1.807) is 24.3 Å². The zero-order valence-corrected chi connectivity index (χ0v) is 18.0. The van der Waals surface area contributed by atoms with E-state index in [0.29, 0.717) is 5.69 Å². The Kier molecular flexibility index (Phi) is 6.79. The van der Waals surface area contributed by atoms with Gasteiger partial charge in [-0.3, -0.25) is 4.79 Å². The number of nitrogens with one attached hydrogen (secondary N) is 2. The highest BCUT2D eigenvalue weighted by Gasteiger charge is 2.15. The number of carbonyl (C=O) groups excluding carboxylic acids is 1. The number of hydrogen-bond donors (Lipinski definition) is 2. The number of carbonyl (C=O) groups is 1. The highest BCUT2D eigenvalue weighted by molar-refractivity contribution is 5.92. The molecule has 0 unspecified atom stereocenters. The molecular formula is C24H26FN5O2. The second-order valence-electron chi connectivity index (χ2n) is 7.71. The molecule has 3 aromatic rings. The number of ether oxygens (including phenoxy) is 1. The summed E-state index contributed by atoms with van der Waals surface area (Å²) in [6.07, 6.45) is 3.59. The molecule has 8 heteroatoms. The SMILES string of the molecule is Cc1cc(Nc2ccc(NC(=O)COc3ccccc3F)cc2)nc(N2CCCCC2)n1. The van der Waals surface area contributed by atoms with Gasteiger partial charge in [0.05, 0.1) is 0 Å². The third kappa shape index (κ3) is 5.72. The van der Waals surface area contributed by atoms with Crippen molar-refractivity contribution in [2.75, 3.05) is 35.2 Å².